The van der Waals surface area contributed by atoms with E-state index in [-0.39, 0.29) is 24.2 Å². The Balaban J connectivity index is 1.91. The summed E-state index contributed by atoms with van der Waals surface area (Å²) in [6.07, 6.45) is -0.194. The predicted octanol–water partition coefficient (Wildman–Crippen LogP) is -0.794. The third kappa shape index (κ3) is 4.14. The van der Waals surface area contributed by atoms with Crippen molar-refractivity contribution in [3.05, 3.63) is 0 Å². The molecule has 1 amide bonds. The van der Waals surface area contributed by atoms with Gasteiger partial charge < -0.3 is 23.8 Å². The van der Waals surface area contributed by atoms with Gasteiger partial charge in [-0.25, -0.2) is 0 Å². The lowest BCUT2D eigenvalue weighted by Gasteiger charge is -2.41. The third-order valence-electron chi connectivity index (χ3n) is 4.21. The molecule has 0 aromatic heterocycles. The molecule has 7 heteroatoms. The topological polar surface area (TPSA) is 60.5 Å². The van der Waals surface area contributed by atoms with Crippen molar-refractivity contribution in [3.63, 3.8) is 0 Å². The number of amides is 1. The molecule has 0 aromatic rings. The van der Waals surface area contributed by atoms with Gasteiger partial charge >= 0.3 is 0 Å². The fourth-order valence-electron chi connectivity index (χ4n) is 2.87. The molecule has 2 rings (SSSR count). The summed E-state index contributed by atoms with van der Waals surface area (Å²) in [6, 6.07) is 0.0127. The Hall–Kier alpha value is -0.730. The van der Waals surface area contributed by atoms with Gasteiger partial charge in [0.25, 0.3) is 0 Å². The van der Waals surface area contributed by atoms with Gasteiger partial charge in [0.05, 0.1) is 39.0 Å². The Kier molecular flexibility index (Phi) is 6.38. The van der Waals surface area contributed by atoms with Crippen LogP contribution in [0.1, 0.15) is 0 Å². The van der Waals surface area contributed by atoms with E-state index in [0.717, 1.165) is 0 Å². The lowest BCUT2D eigenvalue weighted by Crippen LogP contribution is -2.58. The number of ether oxygens (including phenoxy) is 4. The van der Waals surface area contributed by atoms with E-state index in [9.17, 15) is 4.79 Å². The molecule has 2 fully saturated rings. The molecule has 2 aliphatic rings. The van der Waals surface area contributed by atoms with Crippen LogP contribution in [0.4, 0.5) is 0 Å². The first-order valence-corrected chi connectivity index (χ1v) is 7.36. The number of hydrogen-bond acceptors (Lipinski definition) is 6. The van der Waals surface area contributed by atoms with Gasteiger partial charge in [-0.1, -0.05) is 0 Å². The van der Waals surface area contributed by atoms with Crippen molar-refractivity contribution in [2.75, 3.05) is 67.3 Å². The normalized spacial score (nSPS) is 30.7. The Bertz CT molecular complexity index is 335. The number of rotatable bonds is 5. The minimum atomic E-state index is -0.102. The minimum Gasteiger partial charge on any atom is -0.378 e. The first kappa shape index (κ1) is 16.6. The van der Waals surface area contributed by atoms with Crippen LogP contribution in [-0.2, 0) is 23.7 Å². The first-order chi connectivity index (χ1) is 10.2. The van der Waals surface area contributed by atoms with Crippen LogP contribution in [0, 0.1) is 0 Å². The lowest BCUT2D eigenvalue weighted by atomic mass is 10.0. The van der Waals surface area contributed by atoms with Gasteiger partial charge in [-0.15, -0.1) is 0 Å². The molecule has 0 spiro atoms. The summed E-state index contributed by atoms with van der Waals surface area (Å²) in [4.78, 5) is 16.2. The molecule has 0 aromatic carbocycles. The van der Waals surface area contributed by atoms with Crippen molar-refractivity contribution in [1.82, 2.24) is 9.80 Å². The summed E-state index contributed by atoms with van der Waals surface area (Å²) in [7, 11) is 5.25. The number of morpholine rings is 1. The lowest BCUT2D eigenvalue weighted by molar-refractivity contribution is -0.158. The molecular weight excluding hydrogens is 276 g/mol. The second-order valence-corrected chi connectivity index (χ2v) is 5.49. The molecule has 0 radical (unpaired) electrons. The zero-order chi connectivity index (χ0) is 15.2. The molecular formula is C14H26N2O5. The summed E-state index contributed by atoms with van der Waals surface area (Å²) in [5.74, 6) is 0.121. The van der Waals surface area contributed by atoms with Gasteiger partial charge in [-0.2, -0.15) is 0 Å². The molecule has 7 nitrogen and oxygen atoms in total. The number of methoxy groups -OCH3 is 2. The van der Waals surface area contributed by atoms with E-state index in [1.165, 1.54) is 0 Å². The Labute approximate surface area is 126 Å². The number of carbonyl (C=O) groups excluding carboxylic acids is 1. The van der Waals surface area contributed by atoms with Crippen molar-refractivity contribution in [2.24, 2.45) is 0 Å². The van der Waals surface area contributed by atoms with Crippen molar-refractivity contribution in [3.8, 4) is 0 Å². The SMILES string of the molecule is CO[C@H]1[C@H](N(C)CC(=O)N2CCOCC2)COC[C@H]1OC. The van der Waals surface area contributed by atoms with Gasteiger partial charge in [0.1, 0.15) is 12.2 Å². The highest BCUT2D eigenvalue weighted by atomic mass is 16.6. The van der Waals surface area contributed by atoms with E-state index in [0.29, 0.717) is 46.1 Å². The maximum absolute atomic E-state index is 12.3. The van der Waals surface area contributed by atoms with E-state index in [2.05, 4.69) is 0 Å². The average Bonchev–Trinajstić information content (AvgIpc) is 2.54. The number of likely N-dealkylation sites (N-methyl/N-ethyl adjacent to an activating group) is 1. The third-order valence-corrected chi connectivity index (χ3v) is 4.21. The minimum absolute atomic E-state index is 0.0127. The van der Waals surface area contributed by atoms with Gasteiger partial charge in [0, 0.05) is 27.3 Å². The number of carbonyl (C=O) groups is 1. The van der Waals surface area contributed by atoms with Crippen LogP contribution in [0.2, 0.25) is 0 Å². The molecule has 0 N–H and O–H groups in total. The molecule has 2 aliphatic heterocycles. The summed E-state index contributed by atoms with van der Waals surface area (Å²) >= 11 is 0. The number of hydrogen-bond donors (Lipinski definition) is 0. The zero-order valence-corrected chi connectivity index (χ0v) is 13.1. The molecule has 2 heterocycles. The highest BCUT2D eigenvalue weighted by Crippen LogP contribution is 2.18. The monoisotopic (exact) mass is 302 g/mol. The van der Waals surface area contributed by atoms with E-state index in [1.807, 2.05) is 16.8 Å². The van der Waals surface area contributed by atoms with Gasteiger partial charge in [0.2, 0.25) is 5.91 Å². The van der Waals surface area contributed by atoms with Crippen LogP contribution in [0.15, 0.2) is 0 Å². The first-order valence-electron chi connectivity index (χ1n) is 7.36. The Morgan fingerprint density at radius 3 is 2.52 bits per heavy atom. The molecule has 0 aliphatic carbocycles. The zero-order valence-electron chi connectivity index (χ0n) is 13.1. The van der Waals surface area contributed by atoms with Gasteiger partial charge in [-0.05, 0) is 7.05 Å². The summed E-state index contributed by atoms with van der Waals surface area (Å²) < 4.78 is 21.8. The second kappa shape index (κ2) is 8.05. The summed E-state index contributed by atoms with van der Waals surface area (Å²) in [5.41, 5.74) is 0. The van der Waals surface area contributed by atoms with Crippen molar-refractivity contribution < 1.29 is 23.7 Å². The highest BCUT2D eigenvalue weighted by Gasteiger charge is 2.37. The molecule has 3 atom stereocenters. The van der Waals surface area contributed by atoms with E-state index in [1.54, 1.807) is 14.2 Å². The number of nitrogens with zero attached hydrogens (tertiary/aromatic N) is 2. The summed E-state index contributed by atoms with van der Waals surface area (Å²) in [6.45, 7) is 4.00. The van der Waals surface area contributed by atoms with Gasteiger partial charge in [0.15, 0.2) is 0 Å². The smallest absolute Gasteiger partial charge is 0.236 e. The largest absolute Gasteiger partial charge is 0.378 e. The maximum Gasteiger partial charge on any atom is 0.236 e. The van der Waals surface area contributed by atoms with Crippen molar-refractivity contribution in [1.29, 1.82) is 0 Å². The van der Waals surface area contributed by atoms with E-state index in [4.69, 9.17) is 18.9 Å². The van der Waals surface area contributed by atoms with Crippen LogP contribution in [0.5, 0.6) is 0 Å². The molecule has 0 unspecified atom stereocenters. The molecule has 122 valence electrons. The Morgan fingerprint density at radius 1 is 1.19 bits per heavy atom. The standard InChI is InChI=1S/C14H26N2O5/c1-15(8-13(17)16-4-6-20-7-5-16)11-9-21-10-12(18-2)14(11)19-3/h11-12,14H,4-10H2,1-3H3/t11-,12-,14+/m1/s1. The maximum atomic E-state index is 12.3. The van der Waals surface area contributed by atoms with Crippen LogP contribution < -0.4 is 0 Å². The van der Waals surface area contributed by atoms with E-state index < -0.39 is 0 Å². The quantitative estimate of drug-likeness (QED) is 0.663. The van der Waals surface area contributed by atoms with E-state index >= 15 is 0 Å². The van der Waals surface area contributed by atoms with Gasteiger partial charge in [-0.3, -0.25) is 9.69 Å². The molecule has 0 bridgehead atoms. The molecule has 2 saturated heterocycles. The fraction of sp³-hybridized carbons (Fsp3) is 0.929. The molecule has 21 heavy (non-hydrogen) atoms. The van der Waals surface area contributed by atoms with Crippen LogP contribution >= 0.6 is 0 Å². The average molecular weight is 302 g/mol. The van der Waals surface area contributed by atoms with Crippen LogP contribution in [-0.4, -0.2) is 101 Å². The highest BCUT2D eigenvalue weighted by molar-refractivity contribution is 5.78. The summed E-state index contributed by atoms with van der Waals surface area (Å²) in [5, 5.41) is 0. The van der Waals surface area contributed by atoms with Crippen molar-refractivity contribution >= 4 is 5.91 Å². The fourth-order valence-corrected chi connectivity index (χ4v) is 2.87. The molecule has 0 saturated carbocycles. The second-order valence-electron chi connectivity index (χ2n) is 5.49. The predicted molar refractivity (Wildman–Crippen MR) is 76.2 cm³/mol. The van der Waals surface area contributed by atoms with Crippen LogP contribution in [0.3, 0.4) is 0 Å². The van der Waals surface area contributed by atoms with Crippen molar-refractivity contribution in [2.45, 2.75) is 18.2 Å². The van der Waals surface area contributed by atoms with Crippen LogP contribution in [0.25, 0.3) is 0 Å². The Morgan fingerprint density at radius 2 is 1.90 bits per heavy atom.